The van der Waals surface area contributed by atoms with Gasteiger partial charge in [-0.1, -0.05) is 37.6 Å². The summed E-state index contributed by atoms with van der Waals surface area (Å²) in [6, 6.07) is 0. The van der Waals surface area contributed by atoms with Gasteiger partial charge in [0.15, 0.2) is 0 Å². The molecule has 2 N–H and O–H groups in total. The fourth-order valence-electron chi connectivity index (χ4n) is 2.50. The molecule has 0 atom stereocenters. The third-order valence-electron chi connectivity index (χ3n) is 4.12. The van der Waals surface area contributed by atoms with Gasteiger partial charge in [-0.2, -0.15) is 7.05 Å². The molecule has 0 aliphatic heterocycles. The van der Waals surface area contributed by atoms with Crippen molar-refractivity contribution in [3.05, 3.63) is 30.8 Å². The van der Waals surface area contributed by atoms with E-state index in [1.807, 2.05) is 0 Å². The maximum absolute atomic E-state index is 3.97. The predicted octanol–water partition coefficient (Wildman–Crippen LogP) is 3.45. The van der Waals surface area contributed by atoms with Crippen LogP contribution < -0.4 is 5.32 Å². The summed E-state index contributed by atoms with van der Waals surface area (Å²) in [7, 11) is 3.97. The second-order valence-corrected chi connectivity index (χ2v) is 6.17. The van der Waals surface area contributed by atoms with Gasteiger partial charge in [0, 0.05) is 12.8 Å². The van der Waals surface area contributed by atoms with Crippen LogP contribution in [0.25, 0.3) is 0 Å². The summed E-state index contributed by atoms with van der Waals surface area (Å²) in [4.78, 5) is 0. The van der Waals surface area contributed by atoms with Crippen LogP contribution in [0.1, 0.15) is 53.4 Å². The molecule has 0 radical (unpaired) electrons. The number of hydrogen-bond donors (Lipinski definition) is 1. The molecule has 98 valence electrons. The maximum atomic E-state index is 3.97. The summed E-state index contributed by atoms with van der Waals surface area (Å²) >= 11 is 0. The van der Waals surface area contributed by atoms with Gasteiger partial charge in [-0.3, -0.25) is 0 Å². The largest absolute Gasteiger partial charge is 0.474 e. The quantitative estimate of drug-likeness (QED) is 0.568. The average molecular weight is 235 g/mol. The maximum Gasteiger partial charge on any atom is 0.0695 e. The van der Waals surface area contributed by atoms with Crippen LogP contribution in [0.15, 0.2) is 23.8 Å². The van der Waals surface area contributed by atoms with E-state index < -0.39 is 0 Å². The summed E-state index contributed by atoms with van der Waals surface area (Å²) in [6.45, 7) is 9.06. The molecule has 0 amide bonds. The molecule has 1 fully saturated rings. The molecule has 1 aliphatic rings. The van der Waals surface area contributed by atoms with Crippen LogP contribution in [0, 0.1) is 18.9 Å². The zero-order valence-electron chi connectivity index (χ0n) is 12.0. The normalized spacial score (nSPS) is 31.4. The van der Waals surface area contributed by atoms with Gasteiger partial charge in [-0.25, -0.2) is 0 Å². The Morgan fingerprint density at radius 1 is 1.35 bits per heavy atom. The first-order valence-corrected chi connectivity index (χ1v) is 6.95. The highest BCUT2D eigenvalue weighted by atomic mass is 14.9. The summed E-state index contributed by atoms with van der Waals surface area (Å²) in [5.41, 5.74) is 1.94. The smallest absolute Gasteiger partial charge is 0.0695 e. The molecule has 1 heteroatoms. The zero-order chi connectivity index (χ0) is 12.9. The molecule has 0 heterocycles. The first kappa shape index (κ1) is 14.5. The summed E-state index contributed by atoms with van der Waals surface area (Å²) in [5.74, 6) is 1.44. The molecule has 17 heavy (non-hydrogen) atoms. The summed E-state index contributed by atoms with van der Waals surface area (Å²) in [5, 5.41) is 2.15. The molecule has 0 spiro atoms. The summed E-state index contributed by atoms with van der Waals surface area (Å²) in [6.07, 6.45) is 12.0. The van der Waals surface area contributed by atoms with Crippen LogP contribution in [0.5, 0.6) is 0 Å². The van der Waals surface area contributed by atoms with Crippen LogP contribution in [-0.4, -0.2) is 5.54 Å². The molecule has 0 saturated heterocycles. The fourth-order valence-corrected chi connectivity index (χ4v) is 2.50. The van der Waals surface area contributed by atoms with Crippen molar-refractivity contribution < 1.29 is 5.32 Å². The lowest BCUT2D eigenvalue weighted by Crippen LogP contribution is -2.91. The van der Waals surface area contributed by atoms with Gasteiger partial charge in [0.1, 0.15) is 0 Å². The Balaban J connectivity index is 2.48. The Hall–Kier alpha value is -0.560. The van der Waals surface area contributed by atoms with Gasteiger partial charge < -0.3 is 5.32 Å². The van der Waals surface area contributed by atoms with Crippen LogP contribution in [0.4, 0.5) is 0 Å². The lowest BCUT2D eigenvalue weighted by atomic mass is 9.75. The predicted molar refractivity (Wildman–Crippen MR) is 75.4 cm³/mol. The van der Waals surface area contributed by atoms with Gasteiger partial charge in [0.25, 0.3) is 0 Å². The van der Waals surface area contributed by atoms with Gasteiger partial charge >= 0.3 is 0 Å². The van der Waals surface area contributed by atoms with Crippen molar-refractivity contribution in [1.29, 1.82) is 0 Å². The standard InChI is InChI=1S/C16H29N/c1-13(2)7-6-8-14(3)15-9-11-16(4,17-5)12-10-15/h6-8,13,15H,5,9-12,17H2,1-4H3/b7-6+,14-8+. The van der Waals surface area contributed by atoms with Crippen LogP contribution in [-0.2, 0) is 0 Å². The van der Waals surface area contributed by atoms with Crippen molar-refractivity contribution in [3.63, 3.8) is 0 Å². The fraction of sp³-hybridized carbons (Fsp3) is 0.688. The molecular weight excluding hydrogens is 206 g/mol. The van der Waals surface area contributed by atoms with Crippen LogP contribution in [0.3, 0.4) is 0 Å². The highest BCUT2D eigenvalue weighted by Crippen LogP contribution is 2.33. The molecule has 1 aliphatic carbocycles. The van der Waals surface area contributed by atoms with Crippen molar-refractivity contribution in [2.24, 2.45) is 11.8 Å². The monoisotopic (exact) mass is 235 g/mol. The second-order valence-electron chi connectivity index (χ2n) is 6.17. The lowest BCUT2D eigenvalue weighted by Gasteiger charge is -2.37. The van der Waals surface area contributed by atoms with E-state index >= 15 is 0 Å². The highest BCUT2D eigenvalue weighted by Gasteiger charge is 2.31. The van der Waals surface area contributed by atoms with Crippen molar-refractivity contribution in [3.8, 4) is 0 Å². The first-order valence-electron chi connectivity index (χ1n) is 6.95. The number of hydrogen-bond acceptors (Lipinski definition) is 0. The molecule has 1 saturated carbocycles. The Bertz CT molecular complexity index is 278. The van der Waals surface area contributed by atoms with Gasteiger partial charge in [-0.05, 0) is 38.5 Å². The van der Waals surface area contributed by atoms with E-state index in [9.17, 15) is 0 Å². The molecule has 0 aromatic carbocycles. The minimum atomic E-state index is 0.393. The first-order chi connectivity index (χ1) is 7.97. The third-order valence-corrected chi connectivity index (χ3v) is 4.12. The van der Waals surface area contributed by atoms with E-state index in [4.69, 9.17) is 0 Å². The lowest BCUT2D eigenvalue weighted by molar-refractivity contribution is -0.676. The Morgan fingerprint density at radius 3 is 2.41 bits per heavy atom. The number of nitrogens with two attached hydrogens (primary N) is 1. The molecule has 1 rings (SSSR count). The van der Waals surface area contributed by atoms with E-state index in [-0.39, 0.29) is 0 Å². The van der Waals surface area contributed by atoms with E-state index in [2.05, 4.69) is 58.3 Å². The van der Waals surface area contributed by atoms with Crippen molar-refractivity contribution in [1.82, 2.24) is 0 Å². The highest BCUT2D eigenvalue weighted by molar-refractivity contribution is 5.14. The van der Waals surface area contributed by atoms with Crippen molar-refractivity contribution >= 4 is 0 Å². The van der Waals surface area contributed by atoms with E-state index in [1.54, 1.807) is 5.57 Å². The molecular formula is C16H29N. The van der Waals surface area contributed by atoms with Crippen molar-refractivity contribution in [2.75, 3.05) is 0 Å². The Morgan fingerprint density at radius 2 is 1.94 bits per heavy atom. The topological polar surface area (TPSA) is 16.6 Å². The Labute approximate surface area is 107 Å². The van der Waals surface area contributed by atoms with E-state index in [1.165, 1.54) is 25.7 Å². The molecule has 0 bridgehead atoms. The van der Waals surface area contributed by atoms with E-state index in [0.29, 0.717) is 11.5 Å². The minimum Gasteiger partial charge on any atom is -0.474 e. The zero-order valence-corrected chi connectivity index (χ0v) is 12.0. The molecule has 0 aromatic rings. The SMILES string of the molecule is [CH2-][NH2+]C1(C)CCC(/C(C)=C/C=C/C(C)C)CC1. The van der Waals surface area contributed by atoms with E-state index in [0.717, 1.165) is 5.92 Å². The Kier molecular flexibility index (Phi) is 5.45. The second kappa shape index (κ2) is 6.39. The van der Waals surface area contributed by atoms with Gasteiger partial charge in [-0.15, -0.1) is 0 Å². The average Bonchev–Trinajstić information content (AvgIpc) is 2.29. The third kappa shape index (κ3) is 4.67. The van der Waals surface area contributed by atoms with Crippen molar-refractivity contribution in [2.45, 2.75) is 58.9 Å². The van der Waals surface area contributed by atoms with Crippen LogP contribution >= 0.6 is 0 Å². The van der Waals surface area contributed by atoms with Crippen LogP contribution in [0.2, 0.25) is 0 Å². The minimum absolute atomic E-state index is 0.393. The van der Waals surface area contributed by atoms with Gasteiger partial charge in [0.05, 0.1) is 5.54 Å². The number of allylic oxidation sites excluding steroid dienone is 4. The molecule has 0 aromatic heterocycles. The molecule has 0 unspecified atom stereocenters. The molecule has 1 nitrogen and oxygen atoms in total. The number of rotatable bonds is 4. The number of quaternary nitrogens is 1. The van der Waals surface area contributed by atoms with Gasteiger partial charge in [0.2, 0.25) is 0 Å². The summed E-state index contributed by atoms with van der Waals surface area (Å²) < 4.78 is 0.